The van der Waals surface area contributed by atoms with Gasteiger partial charge in [-0.05, 0) is 24.3 Å². The minimum atomic E-state index is -0.385. The van der Waals surface area contributed by atoms with Crippen molar-refractivity contribution in [3.05, 3.63) is 69.5 Å². The summed E-state index contributed by atoms with van der Waals surface area (Å²) >= 11 is 13.9. The van der Waals surface area contributed by atoms with Gasteiger partial charge in [0, 0.05) is 6.54 Å². The number of methoxy groups -OCH3 is 1. The van der Waals surface area contributed by atoms with Gasteiger partial charge in [0.1, 0.15) is 5.75 Å². The highest BCUT2D eigenvalue weighted by Gasteiger charge is 2.15. The van der Waals surface area contributed by atoms with Gasteiger partial charge >= 0.3 is 0 Å². The van der Waals surface area contributed by atoms with E-state index in [0.29, 0.717) is 32.7 Å². The van der Waals surface area contributed by atoms with Crippen LogP contribution in [0.4, 0.5) is 0 Å². The molecule has 1 aromatic heterocycles. The molecule has 0 atom stereocenters. The van der Waals surface area contributed by atoms with E-state index in [1.54, 1.807) is 36.4 Å². The Labute approximate surface area is 158 Å². The van der Waals surface area contributed by atoms with Crippen molar-refractivity contribution in [2.24, 2.45) is 4.99 Å². The minimum absolute atomic E-state index is 0.385. The van der Waals surface area contributed by atoms with Crippen LogP contribution in [-0.2, 0) is 6.54 Å². The predicted molar refractivity (Wildman–Crippen MR) is 103 cm³/mol. The second-order valence-corrected chi connectivity index (χ2v) is 6.90. The van der Waals surface area contributed by atoms with Crippen LogP contribution in [0.1, 0.15) is 10.4 Å². The topological polar surface area (TPSA) is 43.6 Å². The Kier molecular flexibility index (Phi) is 5.27. The Morgan fingerprint density at radius 3 is 2.80 bits per heavy atom. The zero-order valence-corrected chi connectivity index (χ0v) is 15.7. The first kappa shape index (κ1) is 17.7. The standard InChI is InChI=1S/C18H14Cl2N2O2S/c1-3-10-22-16-14(9-8-12(19)15(16)20)25-18(22)21-17(23)11-6-4-5-7-13(11)24-2/h3-9H,1,10H2,2H3. The number of halogens is 2. The number of hydrogen-bond acceptors (Lipinski definition) is 3. The van der Waals surface area contributed by atoms with E-state index in [4.69, 9.17) is 27.9 Å². The van der Waals surface area contributed by atoms with Crippen LogP contribution in [0, 0.1) is 0 Å². The third-order valence-electron chi connectivity index (χ3n) is 3.58. The molecule has 0 saturated carbocycles. The molecule has 0 radical (unpaired) electrons. The SMILES string of the molecule is C=CCn1c(=NC(=O)c2ccccc2OC)sc2ccc(Cl)c(Cl)c21. The first-order chi connectivity index (χ1) is 12.1. The van der Waals surface area contributed by atoms with Gasteiger partial charge in [0.2, 0.25) is 0 Å². The zero-order chi connectivity index (χ0) is 18.0. The van der Waals surface area contributed by atoms with E-state index in [2.05, 4.69) is 11.6 Å². The molecule has 0 bridgehead atoms. The van der Waals surface area contributed by atoms with E-state index in [1.165, 1.54) is 18.4 Å². The van der Waals surface area contributed by atoms with E-state index in [1.807, 2.05) is 10.6 Å². The number of nitrogens with zero attached hydrogens (tertiary/aromatic N) is 2. The number of para-hydroxylation sites is 1. The molecule has 1 heterocycles. The van der Waals surface area contributed by atoms with Gasteiger partial charge in [0.15, 0.2) is 4.80 Å². The van der Waals surface area contributed by atoms with Crippen molar-refractivity contribution in [2.45, 2.75) is 6.54 Å². The predicted octanol–water partition coefficient (Wildman–Crippen LogP) is 4.95. The van der Waals surface area contributed by atoms with Crippen LogP contribution >= 0.6 is 34.5 Å². The Hall–Kier alpha value is -2.08. The van der Waals surface area contributed by atoms with Gasteiger partial charge in [-0.15, -0.1) is 6.58 Å². The first-order valence-corrected chi connectivity index (χ1v) is 8.94. The number of ether oxygens (including phenoxy) is 1. The van der Waals surface area contributed by atoms with E-state index in [0.717, 1.165) is 10.2 Å². The lowest BCUT2D eigenvalue weighted by Gasteiger charge is -2.05. The molecule has 0 N–H and O–H groups in total. The Morgan fingerprint density at radius 1 is 1.32 bits per heavy atom. The van der Waals surface area contributed by atoms with Crippen LogP contribution in [0.5, 0.6) is 5.75 Å². The monoisotopic (exact) mass is 392 g/mol. The van der Waals surface area contributed by atoms with Crippen LogP contribution in [0.3, 0.4) is 0 Å². The number of rotatable bonds is 4. The van der Waals surface area contributed by atoms with Crippen LogP contribution in [0.25, 0.3) is 10.2 Å². The minimum Gasteiger partial charge on any atom is -0.496 e. The van der Waals surface area contributed by atoms with Crippen molar-refractivity contribution in [1.82, 2.24) is 4.57 Å². The molecule has 0 aliphatic heterocycles. The summed E-state index contributed by atoms with van der Waals surface area (Å²) in [6.07, 6.45) is 1.72. The molecular weight excluding hydrogens is 379 g/mol. The summed E-state index contributed by atoms with van der Waals surface area (Å²) in [5.41, 5.74) is 1.14. The summed E-state index contributed by atoms with van der Waals surface area (Å²) in [5.74, 6) is 0.0951. The average molecular weight is 393 g/mol. The molecule has 25 heavy (non-hydrogen) atoms. The molecule has 128 valence electrons. The number of thiazole rings is 1. The highest BCUT2D eigenvalue weighted by molar-refractivity contribution is 7.16. The number of benzene rings is 2. The number of carbonyl (C=O) groups excluding carboxylic acids is 1. The third-order valence-corrected chi connectivity index (χ3v) is 5.42. The highest BCUT2D eigenvalue weighted by atomic mass is 35.5. The van der Waals surface area contributed by atoms with Gasteiger partial charge < -0.3 is 9.30 Å². The lowest BCUT2D eigenvalue weighted by Crippen LogP contribution is -2.16. The van der Waals surface area contributed by atoms with Gasteiger partial charge in [-0.25, -0.2) is 0 Å². The number of aromatic nitrogens is 1. The lowest BCUT2D eigenvalue weighted by molar-refractivity contribution is 0.0995. The van der Waals surface area contributed by atoms with E-state index < -0.39 is 0 Å². The second-order valence-electron chi connectivity index (χ2n) is 5.11. The maximum atomic E-state index is 12.6. The normalized spacial score (nSPS) is 11.7. The van der Waals surface area contributed by atoms with Crippen molar-refractivity contribution < 1.29 is 9.53 Å². The lowest BCUT2D eigenvalue weighted by atomic mass is 10.2. The number of amides is 1. The molecule has 0 fully saturated rings. The number of carbonyl (C=O) groups is 1. The number of fused-ring (bicyclic) bond motifs is 1. The summed E-state index contributed by atoms with van der Waals surface area (Å²) in [4.78, 5) is 17.4. The molecule has 3 aromatic rings. The van der Waals surface area contributed by atoms with Gasteiger partial charge in [-0.2, -0.15) is 4.99 Å². The smallest absolute Gasteiger partial charge is 0.283 e. The molecule has 0 aliphatic carbocycles. The fourth-order valence-electron chi connectivity index (χ4n) is 2.46. The van der Waals surface area contributed by atoms with E-state index >= 15 is 0 Å². The highest BCUT2D eigenvalue weighted by Crippen LogP contribution is 2.32. The quantitative estimate of drug-likeness (QED) is 0.589. The van der Waals surface area contributed by atoms with Crippen molar-refractivity contribution in [1.29, 1.82) is 0 Å². The summed E-state index contributed by atoms with van der Waals surface area (Å²) in [7, 11) is 1.52. The Balaban J connectivity index is 2.22. The molecule has 0 saturated heterocycles. The molecular formula is C18H14Cl2N2O2S. The maximum Gasteiger partial charge on any atom is 0.283 e. The number of allylic oxidation sites excluding steroid dienone is 1. The van der Waals surface area contributed by atoms with Gasteiger partial charge in [0.25, 0.3) is 5.91 Å². The number of hydrogen-bond donors (Lipinski definition) is 0. The first-order valence-electron chi connectivity index (χ1n) is 7.37. The van der Waals surface area contributed by atoms with E-state index in [-0.39, 0.29) is 5.91 Å². The summed E-state index contributed by atoms with van der Waals surface area (Å²) in [5, 5.41) is 0.885. The summed E-state index contributed by atoms with van der Waals surface area (Å²) in [6, 6.07) is 10.6. The molecule has 7 heteroatoms. The van der Waals surface area contributed by atoms with Gasteiger partial charge in [0.05, 0.1) is 32.9 Å². The van der Waals surface area contributed by atoms with Crippen LogP contribution < -0.4 is 9.54 Å². The maximum absolute atomic E-state index is 12.6. The second kappa shape index (κ2) is 7.44. The van der Waals surface area contributed by atoms with Crippen molar-refractivity contribution in [3.8, 4) is 5.75 Å². The fraction of sp³-hybridized carbons (Fsp3) is 0.111. The average Bonchev–Trinajstić information content (AvgIpc) is 2.96. The van der Waals surface area contributed by atoms with Crippen molar-refractivity contribution in [2.75, 3.05) is 7.11 Å². The van der Waals surface area contributed by atoms with Gasteiger partial charge in [-0.1, -0.05) is 52.7 Å². The zero-order valence-electron chi connectivity index (χ0n) is 13.3. The molecule has 0 unspecified atom stereocenters. The van der Waals surface area contributed by atoms with Crippen LogP contribution in [0.15, 0.2) is 54.0 Å². The molecule has 1 amide bonds. The Bertz CT molecular complexity index is 1040. The van der Waals surface area contributed by atoms with Crippen LogP contribution in [0.2, 0.25) is 10.0 Å². The van der Waals surface area contributed by atoms with Crippen molar-refractivity contribution in [3.63, 3.8) is 0 Å². The van der Waals surface area contributed by atoms with Gasteiger partial charge in [-0.3, -0.25) is 4.79 Å². The van der Waals surface area contributed by atoms with Crippen molar-refractivity contribution >= 4 is 50.7 Å². The van der Waals surface area contributed by atoms with Crippen LogP contribution in [-0.4, -0.2) is 17.6 Å². The Morgan fingerprint density at radius 2 is 2.08 bits per heavy atom. The molecule has 4 nitrogen and oxygen atoms in total. The molecule has 2 aromatic carbocycles. The van der Waals surface area contributed by atoms with E-state index in [9.17, 15) is 4.79 Å². The summed E-state index contributed by atoms with van der Waals surface area (Å²) in [6.45, 7) is 4.22. The summed E-state index contributed by atoms with van der Waals surface area (Å²) < 4.78 is 7.96. The largest absolute Gasteiger partial charge is 0.496 e. The molecule has 0 aliphatic rings. The molecule has 0 spiro atoms. The fourth-order valence-corrected chi connectivity index (χ4v) is 3.98. The molecule has 3 rings (SSSR count). The third kappa shape index (κ3) is 3.35.